The van der Waals surface area contributed by atoms with Gasteiger partial charge in [0.1, 0.15) is 5.52 Å². The SMILES string of the molecule is COc1cc(-n2c(C(C)C)c([C@H]3C[C@](C)(C(=O)O)C3)c3c(F)c4[nH]ncc4cc32)ccc1F. The number of aromatic amines is 1. The number of carboxylic acid groups (broad SMARTS) is 1. The van der Waals surface area contributed by atoms with Gasteiger partial charge in [-0.05, 0) is 55.4 Å². The molecule has 1 saturated carbocycles. The Morgan fingerprint density at radius 1 is 1.30 bits per heavy atom. The first-order chi connectivity index (χ1) is 15.7. The molecule has 2 N–H and O–H groups in total. The summed E-state index contributed by atoms with van der Waals surface area (Å²) < 4.78 is 37.3. The molecule has 0 unspecified atom stereocenters. The zero-order chi connectivity index (χ0) is 23.7. The van der Waals surface area contributed by atoms with Gasteiger partial charge in [0.25, 0.3) is 0 Å². The number of aliphatic carboxylic acids is 1. The van der Waals surface area contributed by atoms with Gasteiger partial charge in [0.15, 0.2) is 17.4 Å². The first kappa shape index (κ1) is 21.4. The number of nitrogens with zero attached hydrogens (tertiary/aromatic N) is 2. The predicted octanol–water partition coefficient (Wildman–Crippen LogP) is 5.89. The summed E-state index contributed by atoms with van der Waals surface area (Å²) >= 11 is 0. The van der Waals surface area contributed by atoms with E-state index >= 15 is 4.39 Å². The van der Waals surface area contributed by atoms with Crippen LogP contribution in [0, 0.1) is 17.0 Å². The largest absolute Gasteiger partial charge is 0.494 e. The van der Waals surface area contributed by atoms with Crippen molar-refractivity contribution in [3.63, 3.8) is 0 Å². The van der Waals surface area contributed by atoms with E-state index in [0.29, 0.717) is 40.3 Å². The maximum atomic E-state index is 15.9. The molecule has 0 amide bonds. The van der Waals surface area contributed by atoms with Crippen molar-refractivity contribution < 1.29 is 23.4 Å². The number of halogens is 2. The lowest BCUT2D eigenvalue weighted by Crippen LogP contribution is -2.40. The molecule has 0 atom stereocenters. The van der Waals surface area contributed by atoms with Crippen LogP contribution in [0.25, 0.3) is 27.5 Å². The first-order valence-corrected chi connectivity index (χ1v) is 10.9. The molecule has 33 heavy (non-hydrogen) atoms. The standard InChI is InChI=1S/C25H25F2N3O3/c1-12(2)23-19(14-9-25(3,10-14)24(31)32)20-17(7-13-11-28-29-22(13)21(20)27)30(23)15-5-6-16(26)18(8-15)33-4/h5-8,11-12,14H,9-10H2,1-4H3,(H,28,29)(H,31,32)/t14-,25-. The lowest BCUT2D eigenvalue weighted by molar-refractivity contribution is -0.154. The number of fused-ring (bicyclic) bond motifs is 2. The molecule has 1 aliphatic rings. The average Bonchev–Trinajstić information content (AvgIpc) is 3.35. The Bertz CT molecular complexity index is 1410. The zero-order valence-electron chi connectivity index (χ0n) is 18.9. The van der Waals surface area contributed by atoms with Crippen LogP contribution in [0.15, 0.2) is 30.5 Å². The highest BCUT2D eigenvalue weighted by Crippen LogP contribution is 2.55. The van der Waals surface area contributed by atoms with E-state index < -0.39 is 23.0 Å². The topological polar surface area (TPSA) is 80.1 Å². The van der Waals surface area contributed by atoms with Crippen LogP contribution in [0.1, 0.15) is 56.7 Å². The molecule has 0 spiro atoms. The number of aromatic nitrogens is 3. The summed E-state index contributed by atoms with van der Waals surface area (Å²) in [6, 6.07) is 6.45. The lowest BCUT2D eigenvalue weighted by Gasteiger charge is -2.42. The van der Waals surface area contributed by atoms with Crippen LogP contribution in [0.5, 0.6) is 5.75 Å². The highest BCUT2D eigenvalue weighted by atomic mass is 19.1. The van der Waals surface area contributed by atoms with Crippen molar-refractivity contribution in [3.8, 4) is 11.4 Å². The molecule has 172 valence electrons. The molecule has 0 radical (unpaired) electrons. The van der Waals surface area contributed by atoms with Crippen molar-refractivity contribution in [1.82, 2.24) is 14.8 Å². The molecule has 0 aliphatic heterocycles. The number of rotatable bonds is 5. The number of carbonyl (C=O) groups is 1. The average molecular weight is 453 g/mol. The molecule has 4 aromatic rings. The monoisotopic (exact) mass is 453 g/mol. The fourth-order valence-corrected chi connectivity index (χ4v) is 5.30. The molecule has 5 rings (SSSR count). The van der Waals surface area contributed by atoms with Gasteiger partial charge in [-0.1, -0.05) is 13.8 Å². The second-order valence-corrected chi connectivity index (χ2v) is 9.50. The number of nitrogens with one attached hydrogen (secondary N) is 1. The van der Waals surface area contributed by atoms with Gasteiger partial charge in [-0.2, -0.15) is 5.10 Å². The van der Waals surface area contributed by atoms with Crippen LogP contribution >= 0.6 is 0 Å². The van der Waals surface area contributed by atoms with E-state index in [1.54, 1.807) is 25.3 Å². The second kappa shape index (κ2) is 7.30. The Morgan fingerprint density at radius 3 is 2.67 bits per heavy atom. The molecular formula is C25H25F2N3O3. The molecule has 0 saturated heterocycles. The van der Waals surface area contributed by atoms with Crippen molar-refractivity contribution in [2.24, 2.45) is 5.41 Å². The third-order valence-corrected chi connectivity index (χ3v) is 6.94. The van der Waals surface area contributed by atoms with E-state index in [1.165, 1.54) is 13.2 Å². The number of hydrogen-bond acceptors (Lipinski definition) is 3. The summed E-state index contributed by atoms with van der Waals surface area (Å²) in [5, 5.41) is 17.5. The van der Waals surface area contributed by atoms with Crippen LogP contribution in [0.3, 0.4) is 0 Å². The fraction of sp³-hybridized carbons (Fsp3) is 0.360. The zero-order valence-corrected chi connectivity index (χ0v) is 18.9. The molecule has 2 aromatic carbocycles. The number of H-pyrrole nitrogens is 1. The lowest BCUT2D eigenvalue weighted by atomic mass is 9.60. The van der Waals surface area contributed by atoms with Gasteiger partial charge >= 0.3 is 5.97 Å². The summed E-state index contributed by atoms with van der Waals surface area (Å²) in [5.41, 5.74) is 2.47. The number of ether oxygens (including phenoxy) is 1. The number of benzene rings is 2. The Labute approximate surface area is 189 Å². The summed E-state index contributed by atoms with van der Waals surface area (Å²) in [6.07, 6.45) is 2.42. The summed E-state index contributed by atoms with van der Waals surface area (Å²) in [6.45, 7) is 5.78. The molecule has 1 fully saturated rings. The van der Waals surface area contributed by atoms with E-state index in [1.807, 2.05) is 24.5 Å². The smallest absolute Gasteiger partial charge is 0.309 e. The van der Waals surface area contributed by atoms with Crippen LogP contribution in [0.4, 0.5) is 8.78 Å². The summed E-state index contributed by atoms with van der Waals surface area (Å²) in [4.78, 5) is 11.8. The quantitative estimate of drug-likeness (QED) is 0.395. The van der Waals surface area contributed by atoms with Gasteiger partial charge in [0.05, 0.1) is 24.2 Å². The van der Waals surface area contributed by atoms with Gasteiger partial charge in [-0.3, -0.25) is 9.89 Å². The van der Waals surface area contributed by atoms with Crippen molar-refractivity contribution in [3.05, 3.63) is 53.4 Å². The van der Waals surface area contributed by atoms with E-state index in [4.69, 9.17) is 4.74 Å². The highest BCUT2D eigenvalue weighted by molar-refractivity contribution is 6.00. The minimum atomic E-state index is -0.840. The maximum absolute atomic E-state index is 15.9. The Balaban J connectivity index is 1.86. The van der Waals surface area contributed by atoms with Crippen LogP contribution < -0.4 is 4.74 Å². The Hall–Kier alpha value is -3.42. The number of methoxy groups -OCH3 is 1. The van der Waals surface area contributed by atoms with Gasteiger partial charge in [-0.15, -0.1) is 0 Å². The van der Waals surface area contributed by atoms with Crippen LogP contribution in [-0.2, 0) is 4.79 Å². The molecular weight excluding hydrogens is 428 g/mol. The minimum Gasteiger partial charge on any atom is -0.494 e. The van der Waals surface area contributed by atoms with Gasteiger partial charge in [-0.25, -0.2) is 8.78 Å². The summed E-state index contributed by atoms with van der Waals surface area (Å²) in [5.74, 6) is -1.75. The molecule has 1 aliphatic carbocycles. The third-order valence-electron chi connectivity index (χ3n) is 6.94. The van der Waals surface area contributed by atoms with E-state index in [-0.39, 0.29) is 17.6 Å². The van der Waals surface area contributed by atoms with Crippen molar-refractivity contribution >= 4 is 27.8 Å². The van der Waals surface area contributed by atoms with Crippen LogP contribution in [-0.4, -0.2) is 33.0 Å². The normalized spacial score (nSPS) is 20.5. The van der Waals surface area contributed by atoms with Gasteiger partial charge in [0, 0.05) is 28.2 Å². The first-order valence-electron chi connectivity index (χ1n) is 10.9. The van der Waals surface area contributed by atoms with E-state index in [9.17, 15) is 14.3 Å². The third kappa shape index (κ3) is 3.03. The van der Waals surface area contributed by atoms with Crippen molar-refractivity contribution in [1.29, 1.82) is 0 Å². The van der Waals surface area contributed by atoms with Gasteiger partial charge in [0.2, 0.25) is 0 Å². The number of hydrogen-bond donors (Lipinski definition) is 2. The van der Waals surface area contributed by atoms with E-state index in [0.717, 1.165) is 11.3 Å². The van der Waals surface area contributed by atoms with Crippen molar-refractivity contribution in [2.75, 3.05) is 7.11 Å². The Morgan fingerprint density at radius 2 is 2.03 bits per heavy atom. The molecule has 2 heterocycles. The fourth-order valence-electron chi connectivity index (χ4n) is 5.30. The molecule has 2 aromatic heterocycles. The Kier molecular flexibility index (Phi) is 4.74. The number of carboxylic acids is 1. The summed E-state index contributed by atoms with van der Waals surface area (Å²) in [7, 11) is 1.40. The van der Waals surface area contributed by atoms with E-state index in [2.05, 4.69) is 10.2 Å². The molecule has 6 nitrogen and oxygen atoms in total. The maximum Gasteiger partial charge on any atom is 0.309 e. The molecule has 8 heteroatoms. The minimum absolute atomic E-state index is 0.00370. The van der Waals surface area contributed by atoms with Crippen molar-refractivity contribution in [2.45, 2.75) is 45.4 Å². The highest BCUT2D eigenvalue weighted by Gasteiger charge is 2.49. The second-order valence-electron chi connectivity index (χ2n) is 9.50. The molecule has 0 bridgehead atoms. The van der Waals surface area contributed by atoms with Crippen LogP contribution in [0.2, 0.25) is 0 Å². The predicted molar refractivity (Wildman–Crippen MR) is 121 cm³/mol. The van der Waals surface area contributed by atoms with Gasteiger partial charge < -0.3 is 14.4 Å².